The quantitative estimate of drug-likeness (QED) is 0.808. The maximum atomic E-state index is 12.5. The number of anilines is 1. The predicted octanol–water partition coefficient (Wildman–Crippen LogP) is 2.83. The van der Waals surface area contributed by atoms with Gasteiger partial charge in [0.15, 0.2) is 0 Å². The van der Waals surface area contributed by atoms with Gasteiger partial charge in [0, 0.05) is 18.3 Å². The zero-order valence-electron chi connectivity index (χ0n) is 17.0. The van der Waals surface area contributed by atoms with Crippen LogP contribution in [0.4, 0.5) is 5.69 Å². The smallest absolute Gasteiger partial charge is 0.251 e. The van der Waals surface area contributed by atoms with E-state index in [9.17, 15) is 14.4 Å². The van der Waals surface area contributed by atoms with E-state index in [1.54, 1.807) is 38.2 Å². The van der Waals surface area contributed by atoms with Crippen molar-refractivity contribution in [3.05, 3.63) is 64.7 Å². The molecule has 148 valence electrons. The van der Waals surface area contributed by atoms with Gasteiger partial charge in [-0.15, -0.1) is 0 Å². The molecule has 0 heterocycles. The van der Waals surface area contributed by atoms with Crippen LogP contribution in [0, 0.1) is 20.8 Å². The first-order valence-electron chi connectivity index (χ1n) is 9.17. The summed E-state index contributed by atoms with van der Waals surface area (Å²) in [6, 6.07) is 11.9. The van der Waals surface area contributed by atoms with Gasteiger partial charge in [0.2, 0.25) is 11.8 Å². The molecule has 0 radical (unpaired) electrons. The van der Waals surface area contributed by atoms with Crippen molar-refractivity contribution in [1.82, 2.24) is 10.2 Å². The average Bonchev–Trinajstić information content (AvgIpc) is 2.64. The maximum absolute atomic E-state index is 12.5. The minimum absolute atomic E-state index is 0.100. The minimum Gasteiger partial charge on any atom is -0.341 e. The van der Waals surface area contributed by atoms with Crippen molar-refractivity contribution < 1.29 is 14.4 Å². The van der Waals surface area contributed by atoms with Gasteiger partial charge in [-0.1, -0.05) is 35.9 Å². The molecule has 0 bridgehead atoms. The summed E-state index contributed by atoms with van der Waals surface area (Å²) in [5.41, 5.74) is 4.32. The van der Waals surface area contributed by atoms with Crippen molar-refractivity contribution in [2.45, 2.75) is 33.7 Å². The van der Waals surface area contributed by atoms with Crippen molar-refractivity contribution in [3.63, 3.8) is 0 Å². The highest BCUT2D eigenvalue weighted by Gasteiger charge is 2.22. The van der Waals surface area contributed by atoms with E-state index in [4.69, 9.17) is 0 Å². The van der Waals surface area contributed by atoms with Gasteiger partial charge in [-0.2, -0.15) is 0 Å². The first kappa shape index (κ1) is 21.2. The molecular formula is C22H27N3O3. The molecule has 0 aromatic heterocycles. The Labute approximate surface area is 165 Å². The van der Waals surface area contributed by atoms with E-state index in [0.29, 0.717) is 5.56 Å². The van der Waals surface area contributed by atoms with Crippen LogP contribution in [0.1, 0.15) is 34.0 Å². The predicted molar refractivity (Wildman–Crippen MR) is 110 cm³/mol. The monoisotopic (exact) mass is 381 g/mol. The van der Waals surface area contributed by atoms with Gasteiger partial charge in [0.1, 0.15) is 6.04 Å². The highest BCUT2D eigenvalue weighted by atomic mass is 16.2. The van der Waals surface area contributed by atoms with E-state index in [1.165, 1.54) is 4.90 Å². The standard InChI is InChI=1S/C22H27N3O3/c1-14-11-15(2)20(16(3)12-14)24-19(26)13-25(5)22(28)17(4)23-21(27)18-9-7-6-8-10-18/h6-12,17H,13H2,1-5H3,(H,23,27)(H,24,26)/t17-/m1/s1. The molecule has 3 amide bonds. The van der Waals surface area contributed by atoms with Gasteiger partial charge in [-0.25, -0.2) is 0 Å². The largest absolute Gasteiger partial charge is 0.341 e. The Balaban J connectivity index is 1.94. The van der Waals surface area contributed by atoms with Crippen LogP contribution in [0.15, 0.2) is 42.5 Å². The van der Waals surface area contributed by atoms with E-state index < -0.39 is 6.04 Å². The number of likely N-dealkylation sites (N-methyl/N-ethyl adjacent to an activating group) is 1. The second kappa shape index (κ2) is 9.17. The fourth-order valence-electron chi connectivity index (χ4n) is 3.11. The first-order valence-corrected chi connectivity index (χ1v) is 9.17. The lowest BCUT2D eigenvalue weighted by Crippen LogP contribution is -2.47. The summed E-state index contributed by atoms with van der Waals surface area (Å²) in [5, 5.41) is 5.54. The van der Waals surface area contributed by atoms with E-state index in [-0.39, 0.29) is 24.3 Å². The number of carbonyl (C=O) groups is 3. The Hall–Kier alpha value is -3.15. The minimum atomic E-state index is -0.742. The third-order valence-corrected chi connectivity index (χ3v) is 4.45. The number of hydrogen-bond donors (Lipinski definition) is 2. The SMILES string of the molecule is Cc1cc(C)c(NC(=O)CN(C)C(=O)[C@@H](C)NC(=O)c2ccccc2)c(C)c1. The fourth-order valence-corrected chi connectivity index (χ4v) is 3.11. The summed E-state index contributed by atoms with van der Waals surface area (Å²) >= 11 is 0. The highest BCUT2D eigenvalue weighted by Crippen LogP contribution is 2.21. The van der Waals surface area contributed by atoms with Gasteiger partial charge in [0.25, 0.3) is 5.91 Å². The molecule has 0 spiro atoms. The van der Waals surface area contributed by atoms with Crippen LogP contribution in [0.2, 0.25) is 0 Å². The van der Waals surface area contributed by atoms with E-state index in [0.717, 1.165) is 22.4 Å². The molecule has 6 nitrogen and oxygen atoms in total. The van der Waals surface area contributed by atoms with Crippen LogP contribution in [0.5, 0.6) is 0 Å². The van der Waals surface area contributed by atoms with Gasteiger partial charge in [-0.3, -0.25) is 14.4 Å². The van der Waals surface area contributed by atoms with Crippen LogP contribution in [0.25, 0.3) is 0 Å². The van der Waals surface area contributed by atoms with Crippen LogP contribution < -0.4 is 10.6 Å². The number of amides is 3. The molecule has 2 N–H and O–H groups in total. The Morgan fingerprint density at radius 2 is 1.57 bits per heavy atom. The van der Waals surface area contributed by atoms with Crippen molar-refractivity contribution in [2.24, 2.45) is 0 Å². The van der Waals surface area contributed by atoms with E-state index in [2.05, 4.69) is 10.6 Å². The molecule has 0 aliphatic rings. The van der Waals surface area contributed by atoms with Gasteiger partial charge >= 0.3 is 0 Å². The topological polar surface area (TPSA) is 78.5 Å². The average molecular weight is 381 g/mol. The van der Waals surface area contributed by atoms with Crippen molar-refractivity contribution in [2.75, 3.05) is 18.9 Å². The number of nitrogens with one attached hydrogen (secondary N) is 2. The number of nitrogens with zero attached hydrogens (tertiary/aromatic N) is 1. The van der Waals surface area contributed by atoms with Crippen molar-refractivity contribution in [1.29, 1.82) is 0 Å². The van der Waals surface area contributed by atoms with Gasteiger partial charge < -0.3 is 15.5 Å². The molecule has 0 fully saturated rings. The number of aryl methyl sites for hydroxylation is 3. The summed E-state index contributed by atoms with van der Waals surface area (Å²) in [5.74, 6) is -0.950. The molecular weight excluding hydrogens is 354 g/mol. The summed E-state index contributed by atoms with van der Waals surface area (Å²) in [7, 11) is 1.54. The molecule has 6 heteroatoms. The number of carbonyl (C=O) groups excluding carboxylic acids is 3. The fraction of sp³-hybridized carbons (Fsp3) is 0.318. The zero-order chi connectivity index (χ0) is 20.8. The lowest BCUT2D eigenvalue weighted by molar-refractivity contribution is -0.134. The summed E-state index contributed by atoms with van der Waals surface area (Å²) in [4.78, 5) is 38.4. The molecule has 0 aliphatic carbocycles. The Morgan fingerprint density at radius 1 is 1.00 bits per heavy atom. The highest BCUT2D eigenvalue weighted by molar-refractivity contribution is 5.99. The zero-order valence-corrected chi connectivity index (χ0v) is 17.0. The van der Waals surface area contributed by atoms with Crippen LogP contribution in [0.3, 0.4) is 0 Å². The van der Waals surface area contributed by atoms with E-state index in [1.807, 2.05) is 39.0 Å². The molecule has 2 rings (SSSR count). The molecule has 0 saturated carbocycles. The Bertz CT molecular complexity index is 855. The van der Waals surface area contributed by atoms with Crippen LogP contribution in [-0.2, 0) is 9.59 Å². The number of rotatable bonds is 6. The van der Waals surface area contributed by atoms with Crippen LogP contribution >= 0.6 is 0 Å². The Morgan fingerprint density at radius 3 is 2.14 bits per heavy atom. The molecule has 2 aromatic carbocycles. The molecule has 0 unspecified atom stereocenters. The van der Waals surface area contributed by atoms with Crippen molar-refractivity contribution in [3.8, 4) is 0 Å². The number of benzene rings is 2. The molecule has 0 saturated heterocycles. The van der Waals surface area contributed by atoms with Gasteiger partial charge in [0.05, 0.1) is 6.54 Å². The lowest BCUT2D eigenvalue weighted by atomic mass is 10.1. The molecule has 1 atom stereocenters. The maximum Gasteiger partial charge on any atom is 0.251 e. The van der Waals surface area contributed by atoms with Crippen molar-refractivity contribution >= 4 is 23.4 Å². The second-order valence-electron chi connectivity index (χ2n) is 7.08. The first-order chi connectivity index (χ1) is 13.2. The van der Waals surface area contributed by atoms with Crippen LogP contribution in [-0.4, -0.2) is 42.3 Å². The summed E-state index contributed by atoms with van der Waals surface area (Å²) in [6.45, 7) is 7.38. The summed E-state index contributed by atoms with van der Waals surface area (Å²) in [6.07, 6.45) is 0. The molecule has 28 heavy (non-hydrogen) atoms. The third kappa shape index (κ3) is 5.42. The van der Waals surface area contributed by atoms with E-state index >= 15 is 0 Å². The molecule has 0 aliphatic heterocycles. The Kier molecular flexibility index (Phi) is 6.93. The lowest BCUT2D eigenvalue weighted by Gasteiger charge is -2.22. The third-order valence-electron chi connectivity index (χ3n) is 4.45. The number of hydrogen-bond acceptors (Lipinski definition) is 3. The normalized spacial score (nSPS) is 11.5. The van der Waals surface area contributed by atoms with Gasteiger partial charge in [-0.05, 0) is 51.0 Å². The molecule has 2 aromatic rings. The summed E-state index contributed by atoms with van der Waals surface area (Å²) < 4.78 is 0. The second-order valence-corrected chi connectivity index (χ2v) is 7.08.